The van der Waals surface area contributed by atoms with Crippen LogP contribution < -0.4 is 20.3 Å². The Balaban J connectivity index is 1.59. The van der Waals surface area contributed by atoms with E-state index in [1.165, 1.54) is 23.5 Å². The number of aryl methyl sites for hydroxylation is 1. The van der Waals surface area contributed by atoms with Gasteiger partial charge in [0.25, 0.3) is 17.5 Å². The predicted octanol–water partition coefficient (Wildman–Crippen LogP) is 3.75. The molecule has 0 aliphatic heterocycles. The van der Waals surface area contributed by atoms with Gasteiger partial charge in [-0.15, -0.1) is 11.3 Å². The summed E-state index contributed by atoms with van der Waals surface area (Å²) < 4.78 is 11.5. The largest absolute Gasteiger partial charge is 0.490 e. The van der Waals surface area contributed by atoms with E-state index in [0.717, 1.165) is 23.5 Å². The van der Waals surface area contributed by atoms with Crippen molar-refractivity contribution in [2.75, 3.05) is 13.2 Å². The molecule has 33 heavy (non-hydrogen) atoms. The van der Waals surface area contributed by atoms with Crippen molar-refractivity contribution < 1.29 is 24.0 Å². The molecule has 0 atom stereocenters. The number of aromatic nitrogens is 1. The van der Waals surface area contributed by atoms with Crippen molar-refractivity contribution in [3.05, 3.63) is 69.2 Å². The van der Waals surface area contributed by atoms with Crippen molar-refractivity contribution in [3.8, 4) is 11.5 Å². The number of hydrogen-bond donors (Lipinski definition) is 2. The van der Waals surface area contributed by atoms with Crippen LogP contribution in [0, 0.1) is 17.0 Å². The Morgan fingerprint density at radius 3 is 2.52 bits per heavy atom. The summed E-state index contributed by atoms with van der Waals surface area (Å²) in [6.07, 6.45) is 0. The molecular weight excluding hydrogens is 468 g/mol. The van der Waals surface area contributed by atoms with Crippen LogP contribution in [0.25, 0.3) is 0 Å². The van der Waals surface area contributed by atoms with Crippen molar-refractivity contribution in [1.82, 2.24) is 15.8 Å². The zero-order valence-corrected chi connectivity index (χ0v) is 19.3. The van der Waals surface area contributed by atoms with E-state index in [1.54, 1.807) is 24.3 Å². The number of hydrazine groups is 1. The molecule has 0 aliphatic carbocycles. The van der Waals surface area contributed by atoms with Gasteiger partial charge in [-0.25, -0.2) is 4.98 Å². The molecule has 1 aromatic heterocycles. The van der Waals surface area contributed by atoms with Gasteiger partial charge in [-0.05, 0) is 38.1 Å². The minimum absolute atomic E-state index is 0.0179. The zero-order valence-electron chi connectivity index (χ0n) is 17.7. The number of benzene rings is 2. The summed E-state index contributed by atoms with van der Waals surface area (Å²) in [5.41, 5.74) is 5.05. The second-order valence-electron chi connectivity index (χ2n) is 6.47. The van der Waals surface area contributed by atoms with Gasteiger partial charge < -0.3 is 9.47 Å². The monoisotopic (exact) mass is 488 g/mol. The second-order valence-corrected chi connectivity index (χ2v) is 8.61. The molecule has 172 valence electrons. The number of carbonyl (C=O) groups excluding carboxylic acids is 2. The van der Waals surface area contributed by atoms with E-state index < -0.39 is 16.7 Å². The molecule has 3 rings (SSSR count). The maximum absolute atomic E-state index is 12.4. The van der Waals surface area contributed by atoms with Crippen LogP contribution in [-0.4, -0.2) is 34.9 Å². The fraction of sp³-hybridized carbons (Fsp3) is 0.190. The molecule has 1 heterocycles. The molecule has 12 heteroatoms. The van der Waals surface area contributed by atoms with Gasteiger partial charge in [0.15, 0.2) is 22.4 Å². The van der Waals surface area contributed by atoms with Crippen molar-refractivity contribution in [3.63, 3.8) is 0 Å². The Labute approximate surface area is 197 Å². The molecule has 0 fully saturated rings. The topological polar surface area (TPSA) is 133 Å². The summed E-state index contributed by atoms with van der Waals surface area (Å²) in [5, 5.41) is 13.3. The molecule has 0 saturated carbocycles. The van der Waals surface area contributed by atoms with Crippen molar-refractivity contribution in [2.45, 2.75) is 23.1 Å². The van der Waals surface area contributed by atoms with Crippen LogP contribution in [0.2, 0.25) is 0 Å². The highest BCUT2D eigenvalue weighted by molar-refractivity contribution is 8.01. The molecule has 2 N–H and O–H groups in total. The third kappa shape index (κ3) is 6.67. The lowest BCUT2D eigenvalue weighted by atomic mass is 10.2. The normalized spacial score (nSPS) is 10.4. The number of rotatable bonds is 9. The standard InChI is InChI=1S/C21H20N4O6S2/c1-3-30-16-6-4-5-7-17(16)31-11-19(26)23-24-20(27)14-8-9-18(15(10-14)25(28)29)33-21-22-13(2)12-32-21/h4-10,12H,3,11H2,1-2H3,(H,23,26)(H,24,27). The van der Waals surface area contributed by atoms with Crippen LogP contribution in [0.15, 0.2) is 57.1 Å². The Morgan fingerprint density at radius 2 is 1.88 bits per heavy atom. The van der Waals surface area contributed by atoms with Crippen LogP contribution >= 0.6 is 23.1 Å². The Kier molecular flexibility index (Phi) is 8.22. The minimum atomic E-state index is -0.706. The van der Waals surface area contributed by atoms with Crippen molar-refractivity contribution >= 4 is 40.6 Å². The first-order valence-electron chi connectivity index (χ1n) is 9.69. The molecular formula is C21H20N4O6S2. The minimum Gasteiger partial charge on any atom is -0.490 e. The molecule has 0 unspecified atom stereocenters. The van der Waals surface area contributed by atoms with E-state index in [0.29, 0.717) is 27.3 Å². The summed E-state index contributed by atoms with van der Waals surface area (Å²) in [7, 11) is 0. The van der Waals surface area contributed by atoms with Crippen LogP contribution in [0.4, 0.5) is 5.69 Å². The number of nitro benzene ring substituents is 1. The van der Waals surface area contributed by atoms with Gasteiger partial charge in [0, 0.05) is 22.7 Å². The number of thiazole rings is 1. The molecule has 0 aliphatic rings. The van der Waals surface area contributed by atoms with Crippen molar-refractivity contribution in [1.29, 1.82) is 0 Å². The van der Waals surface area contributed by atoms with E-state index in [2.05, 4.69) is 15.8 Å². The van der Waals surface area contributed by atoms with Gasteiger partial charge >= 0.3 is 0 Å². The molecule has 0 bridgehead atoms. The molecule has 10 nitrogen and oxygen atoms in total. The summed E-state index contributed by atoms with van der Waals surface area (Å²) in [4.78, 5) is 40.0. The van der Waals surface area contributed by atoms with Crippen LogP contribution in [-0.2, 0) is 4.79 Å². The maximum Gasteiger partial charge on any atom is 0.284 e. The van der Waals surface area contributed by atoms with E-state index in [9.17, 15) is 19.7 Å². The van der Waals surface area contributed by atoms with E-state index in [4.69, 9.17) is 9.47 Å². The first kappa shape index (κ1) is 24.0. The summed E-state index contributed by atoms with van der Waals surface area (Å²) in [6, 6.07) is 10.9. The highest BCUT2D eigenvalue weighted by Gasteiger charge is 2.20. The van der Waals surface area contributed by atoms with E-state index in [-0.39, 0.29) is 17.9 Å². The Hall–Kier alpha value is -3.64. The Bertz CT molecular complexity index is 1170. The second kappa shape index (κ2) is 11.3. The highest BCUT2D eigenvalue weighted by Crippen LogP contribution is 2.36. The molecule has 2 aromatic carbocycles. The molecule has 0 radical (unpaired) electrons. The number of amides is 2. The molecule has 2 amide bonds. The number of hydrogen-bond acceptors (Lipinski definition) is 9. The van der Waals surface area contributed by atoms with E-state index in [1.807, 2.05) is 19.2 Å². The lowest BCUT2D eigenvalue weighted by Gasteiger charge is -2.12. The average molecular weight is 489 g/mol. The zero-order chi connectivity index (χ0) is 23.8. The Morgan fingerprint density at radius 1 is 1.15 bits per heavy atom. The van der Waals surface area contributed by atoms with Gasteiger partial charge in [0.1, 0.15) is 0 Å². The summed E-state index contributed by atoms with van der Waals surface area (Å²) in [6.45, 7) is 3.73. The van der Waals surface area contributed by atoms with Crippen molar-refractivity contribution in [2.24, 2.45) is 0 Å². The van der Waals surface area contributed by atoms with Gasteiger partial charge in [0.05, 0.1) is 16.4 Å². The van der Waals surface area contributed by atoms with Crippen LogP contribution in [0.1, 0.15) is 23.0 Å². The highest BCUT2D eigenvalue weighted by atomic mass is 32.2. The number of nitrogens with zero attached hydrogens (tertiary/aromatic N) is 2. The lowest BCUT2D eigenvalue weighted by Crippen LogP contribution is -2.43. The molecule has 0 spiro atoms. The predicted molar refractivity (Wildman–Crippen MR) is 123 cm³/mol. The summed E-state index contributed by atoms with van der Waals surface area (Å²) in [5.74, 6) is -0.437. The van der Waals surface area contributed by atoms with Gasteiger partial charge in [-0.2, -0.15) is 0 Å². The first-order valence-corrected chi connectivity index (χ1v) is 11.4. The average Bonchev–Trinajstić information content (AvgIpc) is 3.21. The number of nitrogens with one attached hydrogen (secondary N) is 2. The van der Waals surface area contributed by atoms with Crippen LogP contribution in [0.5, 0.6) is 11.5 Å². The van der Waals surface area contributed by atoms with Gasteiger partial charge in [-0.3, -0.25) is 30.6 Å². The summed E-state index contributed by atoms with van der Waals surface area (Å²) >= 11 is 2.52. The lowest BCUT2D eigenvalue weighted by molar-refractivity contribution is -0.387. The first-order chi connectivity index (χ1) is 15.9. The quantitative estimate of drug-likeness (QED) is 0.344. The number of para-hydroxylation sites is 2. The molecule has 0 saturated heterocycles. The fourth-order valence-corrected chi connectivity index (χ4v) is 4.46. The third-order valence-corrected chi connectivity index (χ3v) is 6.16. The number of nitro groups is 1. The van der Waals surface area contributed by atoms with Crippen LogP contribution in [0.3, 0.4) is 0 Å². The van der Waals surface area contributed by atoms with Gasteiger partial charge in [0.2, 0.25) is 0 Å². The van der Waals surface area contributed by atoms with Gasteiger partial charge in [-0.1, -0.05) is 23.9 Å². The van der Waals surface area contributed by atoms with E-state index >= 15 is 0 Å². The number of ether oxygens (including phenoxy) is 2. The molecule has 3 aromatic rings. The SMILES string of the molecule is CCOc1ccccc1OCC(=O)NNC(=O)c1ccc(Sc2nc(C)cs2)c([N+](=O)[O-])c1. The fourth-order valence-electron chi connectivity index (χ4n) is 2.58. The number of carbonyl (C=O) groups is 2. The maximum atomic E-state index is 12.4. The smallest absolute Gasteiger partial charge is 0.284 e. The third-order valence-electron chi connectivity index (χ3n) is 4.04.